The topological polar surface area (TPSA) is 74.3 Å². The number of ether oxygens (including phenoxy) is 1. The maximum atomic E-state index is 11.7. The number of nitrogens with zero attached hydrogens (tertiary/aromatic N) is 4. The number of aromatic nitrogens is 3. The zero-order valence-electron chi connectivity index (χ0n) is 15.4. The molecular formula is C19H24ClN5O2. The zero-order chi connectivity index (χ0) is 18.8. The Bertz CT molecular complexity index is 850. The minimum atomic E-state index is -0.369. The molecule has 2 aromatic heterocycles. The predicted octanol–water partition coefficient (Wildman–Crippen LogP) is 2.29. The number of anilines is 1. The molecule has 0 unspecified atom stereocenters. The number of likely N-dealkylation sites (tertiary alicyclic amines) is 1. The molecule has 0 spiro atoms. The number of aromatic amines is 1. The van der Waals surface area contributed by atoms with E-state index in [-0.39, 0.29) is 16.7 Å². The van der Waals surface area contributed by atoms with Crippen molar-refractivity contribution in [1.29, 1.82) is 0 Å². The first-order valence-corrected chi connectivity index (χ1v) is 9.77. The highest BCUT2D eigenvalue weighted by Crippen LogP contribution is 2.30. The van der Waals surface area contributed by atoms with Crippen LogP contribution >= 0.6 is 11.6 Å². The van der Waals surface area contributed by atoms with Gasteiger partial charge in [-0.2, -0.15) is 5.10 Å². The van der Waals surface area contributed by atoms with Crippen LogP contribution in [0.25, 0.3) is 0 Å². The van der Waals surface area contributed by atoms with Gasteiger partial charge in [0.15, 0.2) is 0 Å². The molecule has 4 heterocycles. The third-order valence-electron chi connectivity index (χ3n) is 5.50. The number of halogens is 1. The molecule has 144 valence electrons. The number of pyridine rings is 1. The molecule has 2 aromatic rings. The average molecular weight is 390 g/mol. The van der Waals surface area contributed by atoms with Gasteiger partial charge in [-0.1, -0.05) is 11.6 Å². The molecule has 2 fully saturated rings. The second-order valence-electron chi connectivity index (χ2n) is 7.38. The lowest BCUT2D eigenvalue weighted by atomic mass is 9.90. The van der Waals surface area contributed by atoms with Gasteiger partial charge in [-0.3, -0.25) is 4.79 Å². The van der Waals surface area contributed by atoms with E-state index in [2.05, 4.69) is 39.3 Å². The molecular weight excluding hydrogens is 366 g/mol. The van der Waals surface area contributed by atoms with Crippen molar-refractivity contribution in [3.63, 3.8) is 0 Å². The summed E-state index contributed by atoms with van der Waals surface area (Å²) < 4.78 is 6.14. The Labute approximate surface area is 163 Å². The first-order chi connectivity index (χ1) is 13.1. The molecule has 1 atom stereocenters. The molecule has 0 radical (unpaired) electrons. The minimum Gasteiger partial charge on any atom is -0.472 e. The molecule has 0 saturated carbocycles. The van der Waals surface area contributed by atoms with Crippen molar-refractivity contribution in [3.05, 3.63) is 45.5 Å². The van der Waals surface area contributed by atoms with Crippen LogP contribution in [0.5, 0.6) is 5.88 Å². The second kappa shape index (κ2) is 7.86. The van der Waals surface area contributed by atoms with E-state index in [1.165, 1.54) is 18.4 Å². The number of H-pyrrole nitrogens is 1. The van der Waals surface area contributed by atoms with E-state index in [0.29, 0.717) is 24.0 Å². The van der Waals surface area contributed by atoms with Crippen molar-refractivity contribution < 1.29 is 4.74 Å². The zero-order valence-corrected chi connectivity index (χ0v) is 16.2. The molecule has 4 rings (SSSR count). The number of nitrogens with one attached hydrogen (secondary N) is 1. The van der Waals surface area contributed by atoms with Crippen LogP contribution in [0.2, 0.25) is 5.02 Å². The highest BCUT2D eigenvalue weighted by molar-refractivity contribution is 6.33. The third-order valence-corrected chi connectivity index (χ3v) is 5.86. The van der Waals surface area contributed by atoms with E-state index >= 15 is 0 Å². The molecule has 1 N–H and O–H groups in total. The first kappa shape index (κ1) is 18.3. The van der Waals surface area contributed by atoms with Gasteiger partial charge in [0.05, 0.1) is 18.4 Å². The molecule has 0 amide bonds. The van der Waals surface area contributed by atoms with Crippen molar-refractivity contribution in [2.45, 2.75) is 31.3 Å². The Morgan fingerprint density at radius 3 is 2.89 bits per heavy atom. The standard InChI is InChI=1S/C19H24ClN5O2/c1-24-7-3-13(4-8-24)14-2-6-21-17(10-14)27-15-5-9-25(12-15)16-11-22-23-19(26)18(16)20/h2,6,10-11,13,15H,3-5,7-9,12H2,1H3,(H,23,26)/t15-/m1/s1. The van der Waals surface area contributed by atoms with Crippen molar-refractivity contribution in [2.24, 2.45) is 0 Å². The van der Waals surface area contributed by atoms with Crippen molar-refractivity contribution in [1.82, 2.24) is 20.1 Å². The summed E-state index contributed by atoms with van der Waals surface area (Å²) in [4.78, 5) is 20.5. The van der Waals surface area contributed by atoms with Crippen LogP contribution in [-0.2, 0) is 0 Å². The molecule has 0 aliphatic carbocycles. The van der Waals surface area contributed by atoms with Crippen molar-refractivity contribution in [3.8, 4) is 5.88 Å². The summed E-state index contributed by atoms with van der Waals surface area (Å²) in [6.07, 6.45) is 6.64. The van der Waals surface area contributed by atoms with Gasteiger partial charge < -0.3 is 14.5 Å². The number of hydrogen-bond acceptors (Lipinski definition) is 6. The van der Waals surface area contributed by atoms with Crippen LogP contribution in [0.3, 0.4) is 0 Å². The van der Waals surface area contributed by atoms with Gasteiger partial charge in [-0.25, -0.2) is 10.1 Å². The normalized spacial score (nSPS) is 21.6. The Morgan fingerprint density at radius 2 is 2.07 bits per heavy atom. The smallest absolute Gasteiger partial charge is 0.285 e. The highest BCUT2D eigenvalue weighted by Gasteiger charge is 2.27. The summed E-state index contributed by atoms with van der Waals surface area (Å²) in [5, 5.41) is 6.37. The fourth-order valence-corrected chi connectivity index (χ4v) is 4.10. The molecule has 2 aliphatic heterocycles. The van der Waals surface area contributed by atoms with E-state index in [9.17, 15) is 4.79 Å². The first-order valence-electron chi connectivity index (χ1n) is 9.39. The Balaban J connectivity index is 1.41. The molecule has 0 aromatic carbocycles. The Morgan fingerprint density at radius 1 is 1.26 bits per heavy atom. The van der Waals surface area contributed by atoms with Crippen molar-refractivity contribution >= 4 is 17.3 Å². The quantitative estimate of drug-likeness (QED) is 0.864. The van der Waals surface area contributed by atoms with E-state index < -0.39 is 0 Å². The van der Waals surface area contributed by atoms with Crippen LogP contribution in [0, 0.1) is 0 Å². The predicted molar refractivity (Wildman–Crippen MR) is 105 cm³/mol. The summed E-state index contributed by atoms with van der Waals surface area (Å²) in [7, 11) is 2.17. The Kier molecular flexibility index (Phi) is 5.31. The summed E-state index contributed by atoms with van der Waals surface area (Å²) in [6.45, 7) is 3.69. The summed E-state index contributed by atoms with van der Waals surface area (Å²) in [5.41, 5.74) is 1.59. The van der Waals surface area contributed by atoms with Crippen LogP contribution in [0.4, 0.5) is 5.69 Å². The molecule has 7 nitrogen and oxygen atoms in total. The van der Waals surface area contributed by atoms with Gasteiger partial charge in [-0.15, -0.1) is 0 Å². The highest BCUT2D eigenvalue weighted by atomic mass is 35.5. The van der Waals surface area contributed by atoms with Crippen molar-refractivity contribution in [2.75, 3.05) is 38.1 Å². The van der Waals surface area contributed by atoms with Crippen LogP contribution in [-0.4, -0.2) is 59.4 Å². The van der Waals surface area contributed by atoms with Gasteiger partial charge >= 0.3 is 0 Å². The summed E-state index contributed by atoms with van der Waals surface area (Å²) >= 11 is 6.12. The lowest BCUT2D eigenvalue weighted by Gasteiger charge is -2.29. The fraction of sp³-hybridized carbons (Fsp3) is 0.526. The van der Waals surface area contributed by atoms with Gasteiger partial charge in [-0.05, 0) is 50.5 Å². The maximum absolute atomic E-state index is 11.7. The molecule has 8 heteroatoms. The molecule has 2 saturated heterocycles. The van der Waals surface area contributed by atoms with Gasteiger partial charge in [0, 0.05) is 25.2 Å². The van der Waals surface area contributed by atoms with Crippen LogP contribution < -0.4 is 15.2 Å². The van der Waals surface area contributed by atoms with Gasteiger partial charge in [0.2, 0.25) is 5.88 Å². The third kappa shape index (κ3) is 4.09. The van der Waals surface area contributed by atoms with Gasteiger partial charge in [0.1, 0.15) is 11.1 Å². The Hall–Kier alpha value is -2.12. The van der Waals surface area contributed by atoms with Crippen LogP contribution in [0.1, 0.15) is 30.7 Å². The summed E-state index contributed by atoms with van der Waals surface area (Å²) in [6, 6.07) is 4.19. The lowest BCUT2D eigenvalue weighted by molar-refractivity contribution is 0.214. The lowest BCUT2D eigenvalue weighted by Crippen LogP contribution is -2.29. The van der Waals surface area contributed by atoms with Crippen LogP contribution in [0.15, 0.2) is 29.3 Å². The molecule has 0 bridgehead atoms. The van der Waals surface area contributed by atoms with E-state index in [1.54, 1.807) is 6.20 Å². The van der Waals surface area contributed by atoms with Gasteiger partial charge in [0.25, 0.3) is 5.56 Å². The average Bonchev–Trinajstić information content (AvgIpc) is 3.13. The van der Waals surface area contributed by atoms with E-state index in [4.69, 9.17) is 16.3 Å². The maximum Gasteiger partial charge on any atom is 0.285 e. The molecule has 2 aliphatic rings. The summed E-state index contributed by atoms with van der Waals surface area (Å²) in [5.74, 6) is 1.25. The second-order valence-corrected chi connectivity index (χ2v) is 7.76. The number of piperidine rings is 1. The van der Waals surface area contributed by atoms with E-state index in [0.717, 1.165) is 26.1 Å². The van der Waals surface area contributed by atoms with E-state index in [1.807, 2.05) is 11.1 Å². The SMILES string of the molecule is CN1CCC(c2ccnc(O[C@@H]3CCN(c4cn[nH]c(=O)c4Cl)C3)c2)CC1. The largest absolute Gasteiger partial charge is 0.472 e. The molecule has 27 heavy (non-hydrogen) atoms. The monoisotopic (exact) mass is 389 g/mol. The number of rotatable bonds is 4. The minimum absolute atomic E-state index is 0.0144. The number of hydrogen-bond donors (Lipinski definition) is 1. The fourth-order valence-electron chi connectivity index (χ4n) is 3.89.